The van der Waals surface area contributed by atoms with Crippen molar-refractivity contribution in [3.63, 3.8) is 0 Å². The van der Waals surface area contributed by atoms with Crippen LogP contribution in [-0.4, -0.2) is 6.54 Å². The first-order chi connectivity index (χ1) is 7.65. The molecule has 1 atom stereocenters. The molecule has 0 saturated carbocycles. The Morgan fingerprint density at radius 1 is 1.25 bits per heavy atom. The van der Waals surface area contributed by atoms with Crippen LogP contribution < -0.4 is 5.32 Å². The Morgan fingerprint density at radius 3 is 2.69 bits per heavy atom. The van der Waals surface area contributed by atoms with E-state index in [1.165, 1.54) is 19.3 Å². The summed E-state index contributed by atoms with van der Waals surface area (Å²) in [5.74, 6) is 0. The minimum absolute atomic E-state index is 0.253. The third-order valence-electron chi connectivity index (χ3n) is 2.66. The second kappa shape index (κ2) is 7.16. The Balaban J connectivity index is 2.51. The van der Waals surface area contributed by atoms with E-state index in [2.05, 4.69) is 19.2 Å². The monoisotopic (exact) mass is 259 g/mol. The predicted molar refractivity (Wildman–Crippen MR) is 72.4 cm³/mol. The third kappa shape index (κ3) is 4.32. The maximum absolute atomic E-state index is 6.13. The Morgan fingerprint density at radius 2 is 2.00 bits per heavy atom. The van der Waals surface area contributed by atoms with Gasteiger partial charge in [0.05, 0.1) is 0 Å². The van der Waals surface area contributed by atoms with E-state index in [1.807, 2.05) is 18.2 Å². The molecule has 0 aliphatic rings. The van der Waals surface area contributed by atoms with Crippen LogP contribution in [0.15, 0.2) is 18.2 Å². The lowest BCUT2D eigenvalue weighted by Crippen LogP contribution is -2.20. The summed E-state index contributed by atoms with van der Waals surface area (Å²) in [7, 11) is 0. The summed E-state index contributed by atoms with van der Waals surface area (Å²) in [5, 5.41) is 4.97. The molecule has 0 saturated heterocycles. The number of halogens is 2. The van der Waals surface area contributed by atoms with Crippen LogP contribution in [0.3, 0.4) is 0 Å². The molecule has 0 aliphatic heterocycles. The molecular formula is C13H19Cl2N. The van der Waals surface area contributed by atoms with Gasteiger partial charge >= 0.3 is 0 Å². The highest BCUT2D eigenvalue weighted by Crippen LogP contribution is 2.26. The second-order valence-electron chi connectivity index (χ2n) is 4.05. The van der Waals surface area contributed by atoms with E-state index in [0.717, 1.165) is 22.2 Å². The summed E-state index contributed by atoms with van der Waals surface area (Å²) in [4.78, 5) is 0. The summed E-state index contributed by atoms with van der Waals surface area (Å²) in [6.07, 6.45) is 3.72. The highest BCUT2D eigenvalue weighted by atomic mass is 35.5. The van der Waals surface area contributed by atoms with Gasteiger partial charge in [-0.15, -0.1) is 0 Å². The summed E-state index contributed by atoms with van der Waals surface area (Å²) in [6.45, 7) is 5.35. The molecule has 1 nitrogen and oxygen atoms in total. The van der Waals surface area contributed by atoms with E-state index in [-0.39, 0.29) is 6.04 Å². The van der Waals surface area contributed by atoms with E-state index in [0.29, 0.717) is 0 Å². The first-order valence-corrected chi connectivity index (χ1v) is 6.59. The third-order valence-corrected chi connectivity index (χ3v) is 3.23. The fourth-order valence-corrected chi connectivity index (χ4v) is 2.11. The number of hydrogen-bond donors (Lipinski definition) is 1. The standard InChI is InChI=1S/C13H19Cl2N/c1-3-4-5-8-16-10(2)12-9-11(14)6-7-13(12)15/h6-7,9-10,16H,3-5,8H2,1-2H3. The lowest BCUT2D eigenvalue weighted by atomic mass is 10.1. The van der Waals surface area contributed by atoms with Crippen LogP contribution in [0.1, 0.15) is 44.7 Å². The molecular weight excluding hydrogens is 241 g/mol. The van der Waals surface area contributed by atoms with Crippen LogP contribution in [0.4, 0.5) is 0 Å². The highest BCUT2D eigenvalue weighted by molar-refractivity contribution is 6.33. The number of hydrogen-bond acceptors (Lipinski definition) is 1. The molecule has 0 radical (unpaired) electrons. The molecule has 1 aromatic rings. The Labute approximate surface area is 108 Å². The van der Waals surface area contributed by atoms with Crippen molar-refractivity contribution < 1.29 is 0 Å². The largest absolute Gasteiger partial charge is 0.310 e. The van der Waals surface area contributed by atoms with Gasteiger partial charge in [0.15, 0.2) is 0 Å². The van der Waals surface area contributed by atoms with Crippen molar-refractivity contribution in [1.82, 2.24) is 5.32 Å². The maximum Gasteiger partial charge on any atom is 0.0454 e. The van der Waals surface area contributed by atoms with Gasteiger partial charge in [-0.25, -0.2) is 0 Å². The summed E-state index contributed by atoms with van der Waals surface area (Å²) in [6, 6.07) is 5.85. The van der Waals surface area contributed by atoms with Gasteiger partial charge in [0.2, 0.25) is 0 Å². The van der Waals surface area contributed by atoms with E-state index in [9.17, 15) is 0 Å². The van der Waals surface area contributed by atoms with Crippen molar-refractivity contribution >= 4 is 23.2 Å². The second-order valence-corrected chi connectivity index (χ2v) is 4.89. The zero-order chi connectivity index (χ0) is 12.0. The minimum Gasteiger partial charge on any atom is -0.310 e. The zero-order valence-corrected chi connectivity index (χ0v) is 11.4. The fourth-order valence-electron chi connectivity index (χ4n) is 1.65. The molecule has 3 heteroatoms. The van der Waals surface area contributed by atoms with Crippen molar-refractivity contribution in [3.05, 3.63) is 33.8 Å². The first-order valence-electron chi connectivity index (χ1n) is 5.83. The minimum atomic E-state index is 0.253. The molecule has 1 rings (SSSR count). The van der Waals surface area contributed by atoms with Crippen molar-refractivity contribution in [2.24, 2.45) is 0 Å². The average Bonchev–Trinajstić information content (AvgIpc) is 2.27. The van der Waals surface area contributed by atoms with Crippen LogP contribution in [0.5, 0.6) is 0 Å². The van der Waals surface area contributed by atoms with Gasteiger partial charge in [0.1, 0.15) is 0 Å². The summed E-state index contributed by atoms with van der Waals surface area (Å²) < 4.78 is 0. The predicted octanol–water partition coefficient (Wildman–Crippen LogP) is 4.83. The quantitative estimate of drug-likeness (QED) is 0.722. The van der Waals surface area contributed by atoms with Gasteiger partial charge in [-0.3, -0.25) is 0 Å². The van der Waals surface area contributed by atoms with Crippen molar-refractivity contribution in [3.8, 4) is 0 Å². The number of rotatable bonds is 6. The molecule has 0 amide bonds. The molecule has 0 bridgehead atoms. The maximum atomic E-state index is 6.13. The van der Waals surface area contributed by atoms with Gasteiger partial charge < -0.3 is 5.32 Å². The molecule has 0 heterocycles. The van der Waals surface area contributed by atoms with Crippen LogP contribution in [0, 0.1) is 0 Å². The normalized spacial score (nSPS) is 12.8. The van der Waals surface area contributed by atoms with Gasteiger partial charge in [0, 0.05) is 16.1 Å². The number of unbranched alkanes of at least 4 members (excludes halogenated alkanes) is 2. The first kappa shape index (κ1) is 13.8. The van der Waals surface area contributed by atoms with Gasteiger partial charge in [0.25, 0.3) is 0 Å². The van der Waals surface area contributed by atoms with E-state index in [1.54, 1.807) is 0 Å². The Hall–Kier alpha value is -0.240. The molecule has 0 fully saturated rings. The van der Waals surface area contributed by atoms with Crippen LogP contribution in [-0.2, 0) is 0 Å². The molecule has 16 heavy (non-hydrogen) atoms. The average molecular weight is 260 g/mol. The molecule has 0 aliphatic carbocycles. The number of nitrogens with one attached hydrogen (secondary N) is 1. The summed E-state index contributed by atoms with van der Waals surface area (Å²) in [5.41, 5.74) is 1.07. The molecule has 0 aromatic heterocycles. The van der Waals surface area contributed by atoms with E-state index in [4.69, 9.17) is 23.2 Å². The van der Waals surface area contributed by atoms with Crippen molar-refractivity contribution in [1.29, 1.82) is 0 Å². The van der Waals surface area contributed by atoms with Gasteiger partial charge in [-0.2, -0.15) is 0 Å². The Kier molecular flexibility index (Phi) is 6.18. The van der Waals surface area contributed by atoms with Crippen LogP contribution >= 0.6 is 23.2 Å². The summed E-state index contributed by atoms with van der Waals surface area (Å²) >= 11 is 12.1. The Bertz CT molecular complexity index is 326. The van der Waals surface area contributed by atoms with Crippen molar-refractivity contribution in [2.75, 3.05) is 6.54 Å². The van der Waals surface area contributed by atoms with E-state index < -0.39 is 0 Å². The topological polar surface area (TPSA) is 12.0 Å². The lowest BCUT2D eigenvalue weighted by Gasteiger charge is -2.15. The number of benzene rings is 1. The molecule has 1 unspecified atom stereocenters. The van der Waals surface area contributed by atoms with Gasteiger partial charge in [-0.1, -0.05) is 43.0 Å². The molecule has 1 N–H and O–H groups in total. The SMILES string of the molecule is CCCCCNC(C)c1cc(Cl)ccc1Cl. The zero-order valence-electron chi connectivity index (χ0n) is 9.89. The molecule has 90 valence electrons. The lowest BCUT2D eigenvalue weighted by molar-refractivity contribution is 0.544. The smallest absolute Gasteiger partial charge is 0.0454 e. The van der Waals surface area contributed by atoms with Gasteiger partial charge in [-0.05, 0) is 43.7 Å². The van der Waals surface area contributed by atoms with Crippen molar-refractivity contribution in [2.45, 2.75) is 39.2 Å². The van der Waals surface area contributed by atoms with E-state index >= 15 is 0 Å². The molecule has 0 spiro atoms. The highest BCUT2D eigenvalue weighted by Gasteiger charge is 2.09. The molecule has 1 aromatic carbocycles. The van der Waals surface area contributed by atoms with Crippen LogP contribution in [0.25, 0.3) is 0 Å². The fraction of sp³-hybridized carbons (Fsp3) is 0.538. The van der Waals surface area contributed by atoms with Crippen LogP contribution in [0.2, 0.25) is 10.0 Å².